The maximum Gasteiger partial charge on any atom is 0.305 e. The van der Waals surface area contributed by atoms with Crippen molar-refractivity contribution in [1.82, 2.24) is 0 Å². The Kier molecular flexibility index (Phi) is 22.9. The Labute approximate surface area is 172 Å². The lowest BCUT2D eigenvalue weighted by molar-refractivity contribution is -0.143. The van der Waals surface area contributed by atoms with E-state index in [2.05, 4.69) is 22.9 Å². The molecule has 0 spiro atoms. The van der Waals surface area contributed by atoms with Crippen molar-refractivity contribution in [2.45, 2.75) is 129 Å². The van der Waals surface area contributed by atoms with Crippen molar-refractivity contribution in [2.75, 3.05) is 11.9 Å². The molecule has 0 amide bonds. The zero-order chi connectivity index (χ0) is 19.1. The Bertz CT molecular complexity index is 255. The Hall–Kier alpha value is -0.0500. The highest BCUT2D eigenvalue weighted by Gasteiger charge is 2.02. The molecule has 0 saturated carbocycles. The molecule has 0 aromatic heterocycles. The summed E-state index contributed by atoms with van der Waals surface area (Å²) in [6.07, 6.45) is 23.9. The molecule has 2 nitrogen and oxygen atoms in total. The van der Waals surface area contributed by atoms with Crippen molar-refractivity contribution >= 4 is 21.9 Å². The second-order valence-electron chi connectivity index (χ2n) is 7.67. The Morgan fingerprint density at radius 2 is 1.04 bits per heavy atom. The lowest BCUT2D eigenvalue weighted by Gasteiger charge is -2.05. The van der Waals surface area contributed by atoms with Crippen LogP contribution < -0.4 is 0 Å². The molecule has 0 aliphatic carbocycles. The van der Waals surface area contributed by atoms with E-state index in [1.165, 1.54) is 103 Å². The monoisotopic (exact) mass is 432 g/mol. The number of halogens is 1. The number of carbonyl (C=O) groups excluding carboxylic acids is 1. The van der Waals surface area contributed by atoms with Crippen LogP contribution in [0.5, 0.6) is 0 Å². The zero-order valence-corrected chi connectivity index (χ0v) is 19.1. The molecule has 0 aliphatic rings. The van der Waals surface area contributed by atoms with E-state index >= 15 is 0 Å². The molecule has 156 valence electrons. The topological polar surface area (TPSA) is 26.3 Å². The van der Waals surface area contributed by atoms with Crippen LogP contribution in [0, 0.1) is 0 Å². The van der Waals surface area contributed by atoms with Gasteiger partial charge in [0.15, 0.2) is 0 Å². The molecule has 0 atom stereocenters. The van der Waals surface area contributed by atoms with Crippen LogP contribution in [-0.4, -0.2) is 17.9 Å². The van der Waals surface area contributed by atoms with Gasteiger partial charge in [-0.1, -0.05) is 119 Å². The Balaban J connectivity index is 3.13. The standard InChI is InChI=1S/C23H45BrO2/c1-2-3-4-5-6-10-13-16-19-22-26-23(25)20-17-14-11-8-7-9-12-15-18-21-24/h2-22H2,1H3. The number of ether oxygens (including phenoxy) is 1. The highest BCUT2D eigenvalue weighted by atomic mass is 79.9. The van der Waals surface area contributed by atoms with Gasteiger partial charge in [0.2, 0.25) is 0 Å². The van der Waals surface area contributed by atoms with Gasteiger partial charge in [0, 0.05) is 11.8 Å². The van der Waals surface area contributed by atoms with Gasteiger partial charge in [0.1, 0.15) is 0 Å². The first-order chi connectivity index (χ1) is 12.8. The van der Waals surface area contributed by atoms with Crippen LogP contribution in [0.4, 0.5) is 0 Å². The largest absolute Gasteiger partial charge is 0.466 e. The zero-order valence-electron chi connectivity index (χ0n) is 17.5. The predicted molar refractivity (Wildman–Crippen MR) is 118 cm³/mol. The highest BCUT2D eigenvalue weighted by Crippen LogP contribution is 2.12. The summed E-state index contributed by atoms with van der Waals surface area (Å²) < 4.78 is 5.34. The second-order valence-corrected chi connectivity index (χ2v) is 8.46. The van der Waals surface area contributed by atoms with Gasteiger partial charge in [-0.2, -0.15) is 0 Å². The van der Waals surface area contributed by atoms with Gasteiger partial charge >= 0.3 is 5.97 Å². The van der Waals surface area contributed by atoms with Crippen LogP contribution in [0.15, 0.2) is 0 Å². The third-order valence-corrected chi connectivity index (χ3v) is 5.59. The number of hydrogen-bond acceptors (Lipinski definition) is 2. The summed E-state index contributed by atoms with van der Waals surface area (Å²) >= 11 is 3.47. The van der Waals surface area contributed by atoms with E-state index in [-0.39, 0.29) is 5.97 Å². The molecule has 0 saturated heterocycles. The molecule has 26 heavy (non-hydrogen) atoms. The lowest BCUT2D eigenvalue weighted by Crippen LogP contribution is -2.05. The molecular formula is C23H45BrO2. The average Bonchev–Trinajstić information content (AvgIpc) is 2.64. The van der Waals surface area contributed by atoms with Crippen molar-refractivity contribution in [3.05, 3.63) is 0 Å². The van der Waals surface area contributed by atoms with Crippen molar-refractivity contribution in [3.8, 4) is 0 Å². The van der Waals surface area contributed by atoms with E-state index in [0.717, 1.165) is 18.2 Å². The summed E-state index contributed by atoms with van der Waals surface area (Å²) in [5, 5.41) is 1.14. The summed E-state index contributed by atoms with van der Waals surface area (Å²) in [5.41, 5.74) is 0. The Morgan fingerprint density at radius 1 is 0.615 bits per heavy atom. The number of esters is 1. The van der Waals surface area contributed by atoms with Gasteiger partial charge in [-0.25, -0.2) is 0 Å². The van der Waals surface area contributed by atoms with Crippen LogP contribution in [0.2, 0.25) is 0 Å². The molecule has 0 N–H and O–H groups in total. The molecule has 0 fully saturated rings. The third kappa shape index (κ3) is 22.0. The first-order valence-electron chi connectivity index (χ1n) is 11.5. The quantitative estimate of drug-likeness (QED) is 0.103. The normalized spacial score (nSPS) is 11.0. The molecule has 0 bridgehead atoms. The SMILES string of the molecule is CCCCCCCCCCCOC(=O)CCCCCCCCCCCBr. The predicted octanol–water partition coefficient (Wildman–Crippen LogP) is 8.36. The van der Waals surface area contributed by atoms with E-state index in [1.807, 2.05) is 0 Å². The number of hydrogen-bond donors (Lipinski definition) is 0. The van der Waals surface area contributed by atoms with E-state index in [9.17, 15) is 4.79 Å². The van der Waals surface area contributed by atoms with Crippen LogP contribution in [0.3, 0.4) is 0 Å². The fraction of sp³-hybridized carbons (Fsp3) is 0.957. The van der Waals surface area contributed by atoms with Crippen molar-refractivity contribution in [3.63, 3.8) is 0 Å². The summed E-state index contributed by atoms with van der Waals surface area (Å²) in [6, 6.07) is 0. The van der Waals surface area contributed by atoms with Crippen LogP contribution in [0.1, 0.15) is 129 Å². The van der Waals surface area contributed by atoms with E-state index in [4.69, 9.17) is 4.74 Å². The third-order valence-electron chi connectivity index (χ3n) is 5.03. The molecule has 3 heteroatoms. The van der Waals surface area contributed by atoms with Gasteiger partial charge in [-0.3, -0.25) is 4.79 Å². The lowest BCUT2D eigenvalue weighted by atomic mass is 10.1. The highest BCUT2D eigenvalue weighted by molar-refractivity contribution is 9.09. The maximum atomic E-state index is 11.7. The number of unbranched alkanes of at least 4 members (excludes halogenated alkanes) is 16. The number of alkyl halides is 1. The van der Waals surface area contributed by atoms with E-state index < -0.39 is 0 Å². The smallest absolute Gasteiger partial charge is 0.305 e. The maximum absolute atomic E-state index is 11.7. The van der Waals surface area contributed by atoms with E-state index in [0.29, 0.717) is 13.0 Å². The minimum atomic E-state index is 0.0133. The number of carbonyl (C=O) groups is 1. The van der Waals surface area contributed by atoms with Crippen LogP contribution in [0.25, 0.3) is 0 Å². The molecular weight excluding hydrogens is 388 g/mol. The van der Waals surface area contributed by atoms with Gasteiger partial charge in [-0.05, 0) is 19.3 Å². The molecule has 0 radical (unpaired) electrons. The molecule has 0 aliphatic heterocycles. The summed E-state index contributed by atoms with van der Waals surface area (Å²) in [4.78, 5) is 11.7. The molecule has 0 unspecified atom stereocenters. The fourth-order valence-electron chi connectivity index (χ4n) is 3.27. The molecule has 0 aromatic rings. The minimum Gasteiger partial charge on any atom is -0.466 e. The summed E-state index contributed by atoms with van der Waals surface area (Å²) in [7, 11) is 0. The number of rotatable bonds is 21. The summed E-state index contributed by atoms with van der Waals surface area (Å²) in [5.74, 6) is 0.0133. The molecule has 0 heterocycles. The Morgan fingerprint density at radius 3 is 1.54 bits per heavy atom. The average molecular weight is 434 g/mol. The first-order valence-corrected chi connectivity index (χ1v) is 12.6. The van der Waals surface area contributed by atoms with Crippen LogP contribution in [-0.2, 0) is 9.53 Å². The van der Waals surface area contributed by atoms with Gasteiger partial charge < -0.3 is 4.74 Å². The van der Waals surface area contributed by atoms with Gasteiger partial charge in [-0.15, -0.1) is 0 Å². The minimum absolute atomic E-state index is 0.0133. The van der Waals surface area contributed by atoms with Crippen molar-refractivity contribution < 1.29 is 9.53 Å². The fourth-order valence-corrected chi connectivity index (χ4v) is 3.67. The molecule has 0 rings (SSSR count). The van der Waals surface area contributed by atoms with E-state index in [1.54, 1.807) is 0 Å². The molecule has 0 aromatic carbocycles. The summed E-state index contributed by atoms with van der Waals surface area (Å²) in [6.45, 7) is 2.89. The second kappa shape index (κ2) is 23.0. The van der Waals surface area contributed by atoms with Crippen molar-refractivity contribution in [2.24, 2.45) is 0 Å². The van der Waals surface area contributed by atoms with Crippen LogP contribution >= 0.6 is 15.9 Å². The van der Waals surface area contributed by atoms with Gasteiger partial charge in [0.25, 0.3) is 0 Å². The first kappa shape index (κ1) is 26.0. The van der Waals surface area contributed by atoms with Gasteiger partial charge in [0.05, 0.1) is 6.61 Å². The van der Waals surface area contributed by atoms with Crippen molar-refractivity contribution in [1.29, 1.82) is 0 Å².